The lowest BCUT2D eigenvalue weighted by Gasteiger charge is -2.45. The Hall–Kier alpha value is -0.320. The van der Waals surface area contributed by atoms with E-state index in [9.17, 15) is 5.11 Å². The van der Waals surface area contributed by atoms with Gasteiger partial charge >= 0.3 is 0 Å². The molecule has 0 aromatic carbocycles. The van der Waals surface area contributed by atoms with Crippen molar-refractivity contribution in [2.75, 3.05) is 27.7 Å². The number of rotatable bonds is 6. The first-order chi connectivity index (χ1) is 11.0. The van der Waals surface area contributed by atoms with Crippen LogP contribution in [0, 0.1) is 0 Å². The molecule has 1 aliphatic carbocycles. The Morgan fingerprint density at radius 2 is 1.96 bits per heavy atom. The number of nitrogens with two attached hydrogens (primary N) is 2. The van der Waals surface area contributed by atoms with Crippen LogP contribution in [-0.4, -0.2) is 81.7 Å². The van der Waals surface area contributed by atoms with Crippen LogP contribution in [0.25, 0.3) is 0 Å². The summed E-state index contributed by atoms with van der Waals surface area (Å²) in [6, 6.07) is -0.784. The molecule has 1 saturated heterocycles. The highest BCUT2D eigenvalue weighted by atomic mass is 16.7. The molecule has 0 radical (unpaired) electrons. The molecule has 8 nitrogen and oxygen atoms in total. The fourth-order valence-electron chi connectivity index (χ4n) is 3.55. The molecule has 0 aromatic rings. The van der Waals surface area contributed by atoms with E-state index in [0.29, 0.717) is 6.42 Å². The van der Waals surface area contributed by atoms with Crippen LogP contribution < -0.4 is 22.1 Å². The van der Waals surface area contributed by atoms with Gasteiger partial charge in [-0.25, -0.2) is 0 Å². The van der Waals surface area contributed by atoms with Gasteiger partial charge in [-0.2, -0.15) is 0 Å². The van der Waals surface area contributed by atoms with E-state index in [1.54, 1.807) is 14.2 Å². The quantitative estimate of drug-likeness (QED) is 0.383. The van der Waals surface area contributed by atoms with E-state index < -0.39 is 18.5 Å². The Bertz CT molecular complexity index is 362. The molecule has 136 valence electrons. The van der Waals surface area contributed by atoms with Crippen LogP contribution in [0.4, 0.5) is 0 Å². The van der Waals surface area contributed by atoms with Crippen LogP contribution in [0.1, 0.15) is 19.3 Å². The predicted molar refractivity (Wildman–Crippen MR) is 86.9 cm³/mol. The lowest BCUT2D eigenvalue weighted by atomic mass is 9.84. The standard InChI is InChI=1S/C15H32N4O4/c1-18-7-8-4-5-9(16)15(22-8)23-14-10(17)6-11(21-3)12(19-2)13(14)20/h8-15,18-20H,4-7,16-17H2,1-3H3/t8-,9+,10+,11+,12+,13-,14-,15-/m1/s1. The average molecular weight is 332 g/mol. The molecule has 2 fully saturated rings. The Morgan fingerprint density at radius 3 is 2.57 bits per heavy atom. The van der Waals surface area contributed by atoms with Crippen LogP contribution in [0.2, 0.25) is 0 Å². The summed E-state index contributed by atoms with van der Waals surface area (Å²) in [6.07, 6.45) is 0.362. The summed E-state index contributed by atoms with van der Waals surface area (Å²) in [7, 11) is 5.30. The first-order valence-corrected chi connectivity index (χ1v) is 8.36. The number of hydrogen-bond donors (Lipinski definition) is 5. The van der Waals surface area contributed by atoms with Crippen molar-refractivity contribution in [3.8, 4) is 0 Å². The normalized spacial score (nSPS) is 45.1. The molecule has 0 spiro atoms. The maximum Gasteiger partial charge on any atom is 0.173 e. The van der Waals surface area contributed by atoms with Gasteiger partial charge in [0, 0.05) is 19.7 Å². The highest BCUT2D eigenvalue weighted by Crippen LogP contribution is 2.27. The number of aliphatic hydroxyl groups excluding tert-OH is 1. The zero-order chi connectivity index (χ0) is 17.0. The van der Waals surface area contributed by atoms with Gasteiger partial charge in [0.05, 0.1) is 30.4 Å². The molecule has 0 bridgehead atoms. The minimum atomic E-state index is -0.783. The van der Waals surface area contributed by atoms with Gasteiger partial charge in [0.15, 0.2) is 6.29 Å². The molecule has 8 atom stereocenters. The third-order valence-electron chi connectivity index (χ3n) is 4.89. The van der Waals surface area contributed by atoms with Crippen LogP contribution in [0.5, 0.6) is 0 Å². The van der Waals surface area contributed by atoms with Crippen LogP contribution >= 0.6 is 0 Å². The number of hydrogen-bond acceptors (Lipinski definition) is 8. The second-order valence-electron chi connectivity index (χ2n) is 6.50. The van der Waals surface area contributed by atoms with Crippen molar-refractivity contribution in [2.45, 2.75) is 68.1 Å². The minimum Gasteiger partial charge on any atom is -0.389 e. The van der Waals surface area contributed by atoms with E-state index in [-0.39, 0.29) is 30.3 Å². The zero-order valence-corrected chi connectivity index (χ0v) is 14.3. The molecule has 2 aliphatic rings. The van der Waals surface area contributed by atoms with Gasteiger partial charge in [0.2, 0.25) is 0 Å². The number of methoxy groups -OCH3 is 1. The number of aliphatic hydroxyl groups is 1. The fraction of sp³-hybridized carbons (Fsp3) is 1.00. The van der Waals surface area contributed by atoms with Crippen molar-refractivity contribution < 1.29 is 19.3 Å². The lowest BCUT2D eigenvalue weighted by molar-refractivity contribution is -0.250. The second-order valence-corrected chi connectivity index (χ2v) is 6.50. The molecule has 1 heterocycles. The molecule has 1 saturated carbocycles. The van der Waals surface area contributed by atoms with E-state index in [4.69, 9.17) is 25.7 Å². The van der Waals surface area contributed by atoms with E-state index in [1.165, 1.54) is 0 Å². The van der Waals surface area contributed by atoms with E-state index in [0.717, 1.165) is 19.4 Å². The summed E-state index contributed by atoms with van der Waals surface area (Å²) in [5, 5.41) is 16.8. The third-order valence-corrected chi connectivity index (χ3v) is 4.89. The number of likely N-dealkylation sites (N-methyl/N-ethyl adjacent to an activating group) is 2. The molecule has 23 heavy (non-hydrogen) atoms. The summed E-state index contributed by atoms with van der Waals surface area (Å²) < 4.78 is 17.4. The summed E-state index contributed by atoms with van der Waals surface area (Å²) in [4.78, 5) is 0. The Morgan fingerprint density at radius 1 is 1.22 bits per heavy atom. The van der Waals surface area contributed by atoms with Gasteiger partial charge in [-0.1, -0.05) is 0 Å². The van der Waals surface area contributed by atoms with Crippen molar-refractivity contribution in [3.63, 3.8) is 0 Å². The summed E-state index contributed by atoms with van der Waals surface area (Å²) in [5.41, 5.74) is 12.3. The highest BCUT2D eigenvalue weighted by molar-refractivity contribution is 5.00. The monoisotopic (exact) mass is 332 g/mol. The average Bonchev–Trinajstić information content (AvgIpc) is 2.53. The fourth-order valence-corrected chi connectivity index (χ4v) is 3.55. The topological polar surface area (TPSA) is 124 Å². The first-order valence-electron chi connectivity index (χ1n) is 8.36. The Balaban J connectivity index is 2.02. The molecule has 0 aromatic heterocycles. The zero-order valence-electron chi connectivity index (χ0n) is 14.3. The number of nitrogens with one attached hydrogen (secondary N) is 2. The summed E-state index contributed by atoms with van der Waals surface area (Å²) >= 11 is 0. The molecular weight excluding hydrogens is 300 g/mol. The van der Waals surface area contributed by atoms with Crippen LogP contribution in [0.3, 0.4) is 0 Å². The lowest BCUT2D eigenvalue weighted by Crippen LogP contribution is -2.65. The van der Waals surface area contributed by atoms with Crippen molar-refractivity contribution in [1.29, 1.82) is 0 Å². The molecule has 7 N–H and O–H groups in total. The largest absolute Gasteiger partial charge is 0.389 e. The Labute approximate surface area is 138 Å². The molecule has 8 heteroatoms. The smallest absolute Gasteiger partial charge is 0.173 e. The van der Waals surface area contributed by atoms with E-state index in [2.05, 4.69) is 10.6 Å². The van der Waals surface area contributed by atoms with E-state index >= 15 is 0 Å². The second kappa shape index (κ2) is 8.68. The van der Waals surface area contributed by atoms with Gasteiger partial charge in [-0.15, -0.1) is 0 Å². The highest BCUT2D eigenvalue weighted by Gasteiger charge is 2.45. The van der Waals surface area contributed by atoms with Gasteiger partial charge < -0.3 is 41.4 Å². The Kier molecular flexibility index (Phi) is 7.18. The maximum atomic E-state index is 10.6. The van der Waals surface area contributed by atoms with Crippen molar-refractivity contribution in [3.05, 3.63) is 0 Å². The minimum absolute atomic E-state index is 0.0635. The molecule has 1 aliphatic heterocycles. The maximum absolute atomic E-state index is 10.6. The van der Waals surface area contributed by atoms with Gasteiger partial charge in [0.25, 0.3) is 0 Å². The predicted octanol–water partition coefficient (Wildman–Crippen LogP) is -1.88. The third kappa shape index (κ3) is 4.40. The number of ether oxygens (including phenoxy) is 3. The van der Waals surface area contributed by atoms with Gasteiger partial charge in [-0.05, 0) is 33.4 Å². The van der Waals surface area contributed by atoms with Crippen molar-refractivity contribution in [1.82, 2.24) is 10.6 Å². The van der Waals surface area contributed by atoms with Crippen LogP contribution in [-0.2, 0) is 14.2 Å². The molecule has 0 unspecified atom stereocenters. The van der Waals surface area contributed by atoms with Gasteiger partial charge in [0.1, 0.15) is 6.10 Å². The summed E-state index contributed by atoms with van der Waals surface area (Å²) in [5.74, 6) is 0. The van der Waals surface area contributed by atoms with Gasteiger partial charge in [-0.3, -0.25) is 0 Å². The van der Waals surface area contributed by atoms with Crippen LogP contribution in [0.15, 0.2) is 0 Å². The van der Waals surface area contributed by atoms with Crippen molar-refractivity contribution in [2.24, 2.45) is 11.5 Å². The molecular formula is C15H32N4O4. The van der Waals surface area contributed by atoms with Crippen molar-refractivity contribution >= 4 is 0 Å². The molecule has 0 amide bonds. The summed E-state index contributed by atoms with van der Waals surface area (Å²) in [6.45, 7) is 0.747. The molecule has 2 rings (SSSR count). The first kappa shape index (κ1) is 19.0. The van der Waals surface area contributed by atoms with E-state index in [1.807, 2.05) is 7.05 Å². The SMILES string of the molecule is CNC[C@H]1CC[C@H](N)[C@@H](O[C@H]2[C@H](O)[C@@H](NC)[C@@H](OC)C[C@@H]2N)O1.